The van der Waals surface area contributed by atoms with E-state index in [1.54, 1.807) is 6.08 Å². The van der Waals surface area contributed by atoms with Gasteiger partial charge in [0.2, 0.25) is 0 Å². The van der Waals surface area contributed by atoms with Crippen molar-refractivity contribution in [3.8, 4) is 0 Å². The second-order valence-corrected chi connectivity index (χ2v) is 4.81. The number of allylic oxidation sites excluding steroid dienone is 3. The largest absolute Gasteiger partial charge is 0.330 e. The Balaban J connectivity index is 4.01. The minimum absolute atomic E-state index is 0.419. The van der Waals surface area contributed by atoms with E-state index in [9.17, 15) is 4.57 Å². The Morgan fingerprint density at radius 3 is 2.29 bits per heavy atom. The first-order chi connectivity index (χ1) is 6.68. The highest BCUT2D eigenvalue weighted by atomic mass is 31.2. The highest BCUT2D eigenvalue weighted by Crippen LogP contribution is 2.48. The molecular formula is C10H19O3P. The van der Waals surface area contributed by atoms with Gasteiger partial charge in [-0.05, 0) is 20.3 Å². The monoisotopic (exact) mass is 218 g/mol. The van der Waals surface area contributed by atoms with Crippen LogP contribution in [-0.4, -0.2) is 19.4 Å². The molecule has 3 nitrogen and oxygen atoms in total. The lowest BCUT2D eigenvalue weighted by Gasteiger charge is -2.15. The Kier molecular flexibility index (Phi) is 7.77. The standard InChI is InChI=1S/C10H19O3P/c1-4-7-8-9-10-14(11,12-5-2)13-6-3/h4,7-8H,1,5-6,9-10H2,2-3H3/b8-7+. The molecule has 0 fully saturated rings. The Labute approximate surface area is 86.3 Å². The van der Waals surface area contributed by atoms with Crippen molar-refractivity contribution in [2.75, 3.05) is 19.4 Å². The summed E-state index contributed by atoms with van der Waals surface area (Å²) in [4.78, 5) is 0. The van der Waals surface area contributed by atoms with Gasteiger partial charge in [0.05, 0.1) is 19.4 Å². The summed E-state index contributed by atoms with van der Waals surface area (Å²) in [6, 6.07) is 0. The van der Waals surface area contributed by atoms with Crippen molar-refractivity contribution < 1.29 is 13.6 Å². The van der Waals surface area contributed by atoms with E-state index in [1.807, 2.05) is 26.0 Å². The van der Waals surface area contributed by atoms with Gasteiger partial charge in [-0.25, -0.2) is 0 Å². The third-order valence-electron chi connectivity index (χ3n) is 1.49. The van der Waals surface area contributed by atoms with Crippen LogP contribution in [0.3, 0.4) is 0 Å². The zero-order chi connectivity index (χ0) is 10.9. The number of hydrogen-bond acceptors (Lipinski definition) is 3. The van der Waals surface area contributed by atoms with Crippen LogP contribution in [0.25, 0.3) is 0 Å². The first kappa shape index (κ1) is 13.6. The van der Waals surface area contributed by atoms with Crippen molar-refractivity contribution in [3.63, 3.8) is 0 Å². The minimum Gasteiger partial charge on any atom is -0.309 e. The SMILES string of the molecule is C=C/C=C/CCP(=O)(OCC)OCC. The minimum atomic E-state index is -2.85. The molecule has 0 atom stereocenters. The smallest absolute Gasteiger partial charge is 0.309 e. The summed E-state index contributed by atoms with van der Waals surface area (Å²) in [5.41, 5.74) is 0. The predicted octanol–water partition coefficient (Wildman–Crippen LogP) is 3.38. The molecule has 0 bridgehead atoms. The van der Waals surface area contributed by atoms with E-state index < -0.39 is 7.60 Å². The Morgan fingerprint density at radius 2 is 1.86 bits per heavy atom. The van der Waals surface area contributed by atoms with Crippen LogP contribution in [0.1, 0.15) is 20.3 Å². The molecule has 0 aromatic heterocycles. The van der Waals surface area contributed by atoms with Gasteiger partial charge in [0, 0.05) is 0 Å². The van der Waals surface area contributed by atoms with E-state index >= 15 is 0 Å². The molecule has 0 aromatic carbocycles. The summed E-state index contributed by atoms with van der Waals surface area (Å²) in [6.07, 6.45) is 6.52. The molecule has 14 heavy (non-hydrogen) atoms. The van der Waals surface area contributed by atoms with Crippen molar-refractivity contribution in [1.82, 2.24) is 0 Å². The average molecular weight is 218 g/mol. The quantitative estimate of drug-likeness (QED) is 0.462. The van der Waals surface area contributed by atoms with E-state index in [1.165, 1.54) is 0 Å². The third-order valence-corrected chi connectivity index (χ3v) is 3.60. The molecule has 0 radical (unpaired) electrons. The fourth-order valence-electron chi connectivity index (χ4n) is 0.985. The first-order valence-electron chi connectivity index (χ1n) is 4.84. The van der Waals surface area contributed by atoms with Gasteiger partial charge in [0.15, 0.2) is 0 Å². The molecular weight excluding hydrogens is 199 g/mol. The van der Waals surface area contributed by atoms with E-state index in [-0.39, 0.29) is 0 Å². The highest BCUT2D eigenvalue weighted by molar-refractivity contribution is 7.53. The van der Waals surface area contributed by atoms with Crippen molar-refractivity contribution in [1.29, 1.82) is 0 Å². The summed E-state index contributed by atoms with van der Waals surface area (Å²) >= 11 is 0. The van der Waals surface area contributed by atoms with Gasteiger partial charge in [-0.15, -0.1) is 0 Å². The van der Waals surface area contributed by atoms with Gasteiger partial charge in [0.1, 0.15) is 0 Å². The van der Waals surface area contributed by atoms with Crippen LogP contribution in [0.5, 0.6) is 0 Å². The van der Waals surface area contributed by atoms with Gasteiger partial charge < -0.3 is 9.05 Å². The van der Waals surface area contributed by atoms with E-state index in [0.717, 1.165) is 0 Å². The normalized spacial score (nSPS) is 12.1. The summed E-state index contributed by atoms with van der Waals surface area (Å²) in [7, 11) is -2.85. The van der Waals surface area contributed by atoms with Gasteiger partial charge in [-0.3, -0.25) is 4.57 Å². The lowest BCUT2D eigenvalue weighted by atomic mass is 10.4. The van der Waals surface area contributed by atoms with Crippen LogP contribution < -0.4 is 0 Å². The average Bonchev–Trinajstić information content (AvgIpc) is 2.13. The molecule has 0 saturated heterocycles. The molecule has 0 heterocycles. The number of rotatable bonds is 8. The maximum absolute atomic E-state index is 11.9. The van der Waals surface area contributed by atoms with Crippen LogP contribution in [0.2, 0.25) is 0 Å². The number of hydrogen-bond donors (Lipinski definition) is 0. The van der Waals surface area contributed by atoms with Gasteiger partial charge in [-0.1, -0.05) is 24.8 Å². The predicted molar refractivity (Wildman–Crippen MR) is 59.7 cm³/mol. The van der Waals surface area contributed by atoms with E-state index in [0.29, 0.717) is 25.8 Å². The molecule has 82 valence electrons. The zero-order valence-corrected chi connectivity index (χ0v) is 9.83. The molecule has 0 unspecified atom stereocenters. The fourth-order valence-corrected chi connectivity index (χ4v) is 2.57. The van der Waals surface area contributed by atoms with Crippen molar-refractivity contribution >= 4 is 7.60 Å². The van der Waals surface area contributed by atoms with Gasteiger partial charge >= 0.3 is 7.60 Å². The van der Waals surface area contributed by atoms with Crippen LogP contribution in [0.15, 0.2) is 24.8 Å². The highest BCUT2D eigenvalue weighted by Gasteiger charge is 2.21. The van der Waals surface area contributed by atoms with Crippen LogP contribution in [0.4, 0.5) is 0 Å². The molecule has 0 spiro atoms. The summed E-state index contributed by atoms with van der Waals surface area (Å²) in [5, 5.41) is 0. The van der Waals surface area contributed by atoms with Crippen molar-refractivity contribution in [3.05, 3.63) is 24.8 Å². The van der Waals surface area contributed by atoms with Crippen molar-refractivity contribution in [2.45, 2.75) is 20.3 Å². The molecule has 0 N–H and O–H groups in total. The zero-order valence-electron chi connectivity index (χ0n) is 8.94. The Bertz CT molecular complexity index is 213. The topological polar surface area (TPSA) is 35.5 Å². The van der Waals surface area contributed by atoms with Crippen LogP contribution in [0, 0.1) is 0 Å². The first-order valence-corrected chi connectivity index (χ1v) is 6.57. The molecule has 0 saturated carbocycles. The lowest BCUT2D eigenvalue weighted by molar-refractivity contribution is 0.220. The summed E-state index contributed by atoms with van der Waals surface area (Å²) in [5.74, 6) is 0. The maximum Gasteiger partial charge on any atom is 0.330 e. The fraction of sp³-hybridized carbons (Fsp3) is 0.600. The molecule has 0 aliphatic heterocycles. The van der Waals surface area contributed by atoms with Gasteiger partial charge in [0.25, 0.3) is 0 Å². The molecule has 0 amide bonds. The summed E-state index contributed by atoms with van der Waals surface area (Å²) in [6.45, 7) is 8.01. The Morgan fingerprint density at radius 1 is 1.29 bits per heavy atom. The van der Waals surface area contributed by atoms with Crippen LogP contribution >= 0.6 is 7.60 Å². The third kappa shape index (κ3) is 6.14. The molecule has 0 rings (SSSR count). The molecule has 0 aromatic rings. The second kappa shape index (κ2) is 7.98. The van der Waals surface area contributed by atoms with Gasteiger partial charge in [-0.2, -0.15) is 0 Å². The Hall–Kier alpha value is -0.370. The summed E-state index contributed by atoms with van der Waals surface area (Å²) < 4.78 is 22.1. The lowest BCUT2D eigenvalue weighted by Crippen LogP contribution is -1.99. The maximum atomic E-state index is 11.9. The molecule has 0 aliphatic carbocycles. The second-order valence-electron chi connectivity index (χ2n) is 2.62. The van der Waals surface area contributed by atoms with Crippen LogP contribution in [-0.2, 0) is 13.6 Å². The van der Waals surface area contributed by atoms with Crippen molar-refractivity contribution in [2.24, 2.45) is 0 Å². The molecule has 4 heteroatoms. The molecule has 0 aliphatic rings. The van der Waals surface area contributed by atoms with E-state index in [4.69, 9.17) is 9.05 Å². The van der Waals surface area contributed by atoms with E-state index in [2.05, 4.69) is 6.58 Å².